The van der Waals surface area contributed by atoms with Gasteiger partial charge in [-0.15, -0.1) is 11.6 Å². The van der Waals surface area contributed by atoms with Crippen molar-refractivity contribution < 1.29 is 0 Å². The van der Waals surface area contributed by atoms with Crippen molar-refractivity contribution in [2.75, 3.05) is 0 Å². The van der Waals surface area contributed by atoms with Gasteiger partial charge in [-0.1, -0.05) is 18.2 Å². The molecule has 3 aromatic rings. The molecule has 1 atom stereocenters. The molecule has 96 valence electrons. The predicted molar refractivity (Wildman–Crippen MR) is 77.3 cm³/mol. The van der Waals surface area contributed by atoms with Crippen LogP contribution in [0.15, 0.2) is 48.8 Å². The Bertz CT molecular complexity index is 689. The SMILES string of the molecule is CC(Cl)c1nc2ccccc2n1Cc1cccnc1. The fourth-order valence-electron chi connectivity index (χ4n) is 2.24. The molecule has 0 saturated carbocycles. The number of hydrogen-bond donors (Lipinski definition) is 0. The van der Waals surface area contributed by atoms with E-state index in [0.29, 0.717) is 0 Å². The molecule has 0 N–H and O–H groups in total. The van der Waals surface area contributed by atoms with Crippen LogP contribution in [0.25, 0.3) is 11.0 Å². The van der Waals surface area contributed by atoms with Crippen LogP contribution in [0.1, 0.15) is 23.7 Å². The first-order chi connectivity index (χ1) is 9.25. The topological polar surface area (TPSA) is 30.7 Å². The van der Waals surface area contributed by atoms with E-state index < -0.39 is 0 Å². The highest BCUT2D eigenvalue weighted by Gasteiger charge is 2.14. The van der Waals surface area contributed by atoms with Gasteiger partial charge >= 0.3 is 0 Å². The lowest BCUT2D eigenvalue weighted by atomic mass is 10.2. The number of halogens is 1. The molecule has 0 radical (unpaired) electrons. The molecule has 0 spiro atoms. The summed E-state index contributed by atoms with van der Waals surface area (Å²) >= 11 is 6.25. The fourth-order valence-corrected chi connectivity index (χ4v) is 2.40. The van der Waals surface area contributed by atoms with E-state index in [9.17, 15) is 0 Å². The molecular weight excluding hydrogens is 258 g/mol. The van der Waals surface area contributed by atoms with Gasteiger partial charge in [0.2, 0.25) is 0 Å². The molecular formula is C15H14ClN3. The number of imidazole rings is 1. The Labute approximate surface area is 116 Å². The van der Waals surface area contributed by atoms with Gasteiger partial charge in [-0.05, 0) is 30.7 Å². The number of fused-ring (bicyclic) bond motifs is 1. The van der Waals surface area contributed by atoms with Gasteiger partial charge in [-0.2, -0.15) is 0 Å². The van der Waals surface area contributed by atoms with Crippen LogP contribution in [0.5, 0.6) is 0 Å². The van der Waals surface area contributed by atoms with Gasteiger partial charge in [0.1, 0.15) is 5.82 Å². The molecule has 0 saturated heterocycles. The fraction of sp³-hybridized carbons (Fsp3) is 0.200. The molecule has 0 fully saturated rings. The van der Waals surface area contributed by atoms with Crippen LogP contribution in [0, 0.1) is 0 Å². The van der Waals surface area contributed by atoms with Crippen LogP contribution in [0.4, 0.5) is 0 Å². The molecule has 2 heterocycles. The molecule has 0 aliphatic rings. The van der Waals surface area contributed by atoms with Gasteiger partial charge in [-0.3, -0.25) is 4.98 Å². The number of para-hydroxylation sites is 2. The third-order valence-electron chi connectivity index (χ3n) is 3.10. The zero-order valence-corrected chi connectivity index (χ0v) is 11.4. The van der Waals surface area contributed by atoms with E-state index in [-0.39, 0.29) is 5.38 Å². The van der Waals surface area contributed by atoms with Gasteiger partial charge in [0.15, 0.2) is 0 Å². The van der Waals surface area contributed by atoms with Gasteiger partial charge in [0.25, 0.3) is 0 Å². The Hall–Kier alpha value is -1.87. The number of benzene rings is 1. The van der Waals surface area contributed by atoms with E-state index in [1.165, 1.54) is 0 Å². The maximum absolute atomic E-state index is 6.25. The first-order valence-corrected chi connectivity index (χ1v) is 6.67. The van der Waals surface area contributed by atoms with Gasteiger partial charge in [0.05, 0.1) is 23.0 Å². The van der Waals surface area contributed by atoms with Crippen LogP contribution in [-0.4, -0.2) is 14.5 Å². The first-order valence-electron chi connectivity index (χ1n) is 6.24. The predicted octanol–water partition coefficient (Wildman–Crippen LogP) is 3.78. The monoisotopic (exact) mass is 271 g/mol. The number of alkyl halides is 1. The standard InChI is InChI=1S/C15H14ClN3/c1-11(16)15-18-13-6-2-3-7-14(13)19(15)10-12-5-4-8-17-9-12/h2-9,11H,10H2,1H3. The van der Waals surface area contributed by atoms with Crippen molar-refractivity contribution in [1.82, 2.24) is 14.5 Å². The molecule has 19 heavy (non-hydrogen) atoms. The molecule has 4 heteroatoms. The molecule has 1 unspecified atom stereocenters. The maximum Gasteiger partial charge on any atom is 0.128 e. The van der Waals surface area contributed by atoms with Gasteiger partial charge in [0, 0.05) is 12.4 Å². The smallest absolute Gasteiger partial charge is 0.128 e. The van der Waals surface area contributed by atoms with Crippen LogP contribution in [-0.2, 0) is 6.54 Å². The van der Waals surface area contributed by atoms with Crippen molar-refractivity contribution in [3.05, 3.63) is 60.2 Å². The van der Waals surface area contributed by atoms with Gasteiger partial charge < -0.3 is 4.57 Å². The molecule has 2 aromatic heterocycles. The normalized spacial score (nSPS) is 12.7. The largest absolute Gasteiger partial charge is 0.322 e. The Morgan fingerprint density at radius 2 is 2.05 bits per heavy atom. The molecule has 0 bridgehead atoms. The first kappa shape index (κ1) is 12.2. The summed E-state index contributed by atoms with van der Waals surface area (Å²) in [7, 11) is 0. The van der Waals surface area contributed by atoms with Crippen molar-refractivity contribution in [2.45, 2.75) is 18.8 Å². The van der Waals surface area contributed by atoms with E-state index in [1.807, 2.05) is 37.4 Å². The number of rotatable bonds is 3. The molecule has 3 rings (SSSR count). The molecule has 0 aliphatic heterocycles. The van der Waals surface area contributed by atoms with Gasteiger partial charge in [-0.25, -0.2) is 4.98 Å². The Morgan fingerprint density at radius 1 is 1.21 bits per heavy atom. The highest BCUT2D eigenvalue weighted by molar-refractivity contribution is 6.20. The quantitative estimate of drug-likeness (QED) is 0.679. The van der Waals surface area contributed by atoms with Crippen LogP contribution in [0.3, 0.4) is 0 Å². The van der Waals surface area contributed by atoms with E-state index in [1.54, 1.807) is 6.20 Å². The number of nitrogens with zero attached hydrogens (tertiary/aromatic N) is 3. The second-order valence-electron chi connectivity index (χ2n) is 4.52. The summed E-state index contributed by atoms with van der Waals surface area (Å²) in [5, 5.41) is -0.121. The summed E-state index contributed by atoms with van der Waals surface area (Å²) < 4.78 is 2.16. The summed E-state index contributed by atoms with van der Waals surface area (Å²) in [6, 6.07) is 12.1. The third kappa shape index (κ3) is 2.34. The molecule has 1 aromatic carbocycles. The van der Waals surface area contributed by atoms with Crippen molar-refractivity contribution in [1.29, 1.82) is 0 Å². The van der Waals surface area contributed by atoms with E-state index in [4.69, 9.17) is 11.6 Å². The average Bonchev–Trinajstić information content (AvgIpc) is 2.79. The maximum atomic E-state index is 6.25. The second-order valence-corrected chi connectivity index (χ2v) is 5.18. The number of aromatic nitrogens is 3. The molecule has 0 aliphatic carbocycles. The van der Waals surface area contributed by atoms with Crippen LogP contribution >= 0.6 is 11.6 Å². The Kier molecular flexibility index (Phi) is 3.22. The summed E-state index contributed by atoms with van der Waals surface area (Å²) in [6.07, 6.45) is 3.65. The number of hydrogen-bond acceptors (Lipinski definition) is 2. The summed E-state index contributed by atoms with van der Waals surface area (Å²) in [5.74, 6) is 0.895. The average molecular weight is 272 g/mol. The lowest BCUT2D eigenvalue weighted by molar-refractivity contribution is 0.740. The van der Waals surface area contributed by atoms with Crippen LogP contribution < -0.4 is 0 Å². The molecule has 0 amide bonds. The zero-order valence-electron chi connectivity index (χ0n) is 10.6. The highest BCUT2D eigenvalue weighted by atomic mass is 35.5. The minimum absolute atomic E-state index is 0.121. The van der Waals surface area contributed by atoms with Crippen molar-refractivity contribution in [2.24, 2.45) is 0 Å². The highest BCUT2D eigenvalue weighted by Crippen LogP contribution is 2.25. The van der Waals surface area contributed by atoms with Crippen molar-refractivity contribution in [3.63, 3.8) is 0 Å². The van der Waals surface area contributed by atoms with E-state index in [2.05, 4.69) is 26.7 Å². The minimum atomic E-state index is -0.121. The van der Waals surface area contributed by atoms with E-state index in [0.717, 1.165) is 29.0 Å². The summed E-state index contributed by atoms with van der Waals surface area (Å²) in [6.45, 7) is 2.68. The van der Waals surface area contributed by atoms with Crippen molar-refractivity contribution >= 4 is 22.6 Å². The minimum Gasteiger partial charge on any atom is -0.322 e. The van der Waals surface area contributed by atoms with Crippen LogP contribution in [0.2, 0.25) is 0 Å². The Morgan fingerprint density at radius 3 is 2.79 bits per heavy atom. The zero-order chi connectivity index (χ0) is 13.2. The third-order valence-corrected chi connectivity index (χ3v) is 3.30. The number of pyridine rings is 1. The Balaban J connectivity index is 2.12. The van der Waals surface area contributed by atoms with E-state index >= 15 is 0 Å². The van der Waals surface area contributed by atoms with Crippen molar-refractivity contribution in [3.8, 4) is 0 Å². The second kappa shape index (κ2) is 5.02. The summed E-state index contributed by atoms with van der Waals surface area (Å²) in [5.41, 5.74) is 3.23. The lowest BCUT2D eigenvalue weighted by Gasteiger charge is -2.10. The molecule has 3 nitrogen and oxygen atoms in total. The summed E-state index contributed by atoms with van der Waals surface area (Å²) in [4.78, 5) is 8.77. The lowest BCUT2D eigenvalue weighted by Crippen LogP contribution is -2.05.